The summed E-state index contributed by atoms with van der Waals surface area (Å²) < 4.78 is 17.1. The number of amides is 6. The molecule has 6 heterocycles. The first-order chi connectivity index (χ1) is 47.2. The molecule has 8 aromatic rings. The fraction of sp³-hybridized carbons (Fsp3) is 0.350. The van der Waals surface area contributed by atoms with E-state index in [4.69, 9.17) is 14.2 Å². The van der Waals surface area contributed by atoms with E-state index < -0.39 is 0 Å². The van der Waals surface area contributed by atoms with E-state index in [0.717, 1.165) is 147 Å². The van der Waals surface area contributed by atoms with Gasteiger partial charge in [-0.15, -0.1) is 0 Å². The van der Waals surface area contributed by atoms with Crippen LogP contribution in [0, 0.1) is 5.92 Å². The Morgan fingerprint density at radius 2 is 1.03 bits per heavy atom. The Labute approximate surface area is 568 Å². The number of carbonyl (C=O) groups is 3. The predicted molar refractivity (Wildman–Crippen MR) is 382 cm³/mol. The molecule has 15 rings (SSSR count). The van der Waals surface area contributed by atoms with Crippen LogP contribution in [0.4, 0.5) is 20.1 Å². The van der Waals surface area contributed by atoms with Gasteiger partial charge in [0.2, 0.25) is 5.88 Å². The first-order valence-electron chi connectivity index (χ1n) is 34.5. The number of aromatic nitrogens is 3. The Morgan fingerprint density at radius 1 is 0.521 bits per heavy atom. The SMILES string of the molecule is CN(C(=O)N1CCC(=Cc2cccc(Oc3ncccn3)c2)CC1)C1CC1c1ccccc1.O=C(NC1CC1c1ccccc1)N1CCC(=Cc2cccc(Oc3ccccn3)c2)CC1.O=C(NC1CC1c1ccccc1)N1CCC(Cc2cccc(N3CCOCC3)c2)CC1.[HH].[HH]. The third-order valence-electron chi connectivity index (χ3n) is 19.6. The van der Waals surface area contributed by atoms with Gasteiger partial charge in [-0.3, -0.25) is 0 Å². The van der Waals surface area contributed by atoms with Gasteiger partial charge in [0, 0.05) is 128 Å². The highest BCUT2D eigenvalue weighted by Crippen LogP contribution is 2.45. The summed E-state index contributed by atoms with van der Waals surface area (Å²) in [7, 11) is 1.95. The number of nitrogens with zero attached hydrogens (tertiary/aromatic N) is 8. The summed E-state index contributed by atoms with van der Waals surface area (Å²) in [6.45, 7) is 8.33. The number of anilines is 1. The van der Waals surface area contributed by atoms with Gasteiger partial charge in [-0.1, -0.05) is 157 Å². The van der Waals surface area contributed by atoms with Crippen molar-refractivity contribution in [3.05, 3.63) is 251 Å². The minimum Gasteiger partial charge on any atom is -0.439 e. The van der Waals surface area contributed by atoms with Crippen LogP contribution in [0.2, 0.25) is 0 Å². The van der Waals surface area contributed by atoms with Crippen molar-refractivity contribution in [2.75, 3.05) is 77.5 Å². The molecule has 498 valence electrons. The minimum absolute atomic E-state index is 0. The Bertz CT molecular complexity index is 3900. The Balaban J connectivity index is 0.000000147. The van der Waals surface area contributed by atoms with Crippen molar-refractivity contribution in [3.63, 3.8) is 0 Å². The first kappa shape index (κ1) is 64.9. The molecule has 6 unspecified atom stereocenters. The van der Waals surface area contributed by atoms with Crippen molar-refractivity contribution in [2.45, 2.75) is 100 Å². The molecule has 16 nitrogen and oxygen atoms in total. The maximum atomic E-state index is 13.0. The van der Waals surface area contributed by atoms with Crippen LogP contribution in [0.3, 0.4) is 0 Å². The number of hydrogen-bond acceptors (Lipinski definition) is 10. The molecule has 2 N–H and O–H groups in total. The number of likely N-dealkylation sites (N-methyl/N-ethyl adjacent to an activating group) is 1. The molecule has 6 amide bonds. The molecule has 16 heteroatoms. The van der Waals surface area contributed by atoms with Crippen LogP contribution < -0.4 is 25.0 Å². The fourth-order valence-electron chi connectivity index (χ4n) is 13.8. The average Bonchev–Trinajstić information content (AvgIpc) is 1.64. The molecule has 4 saturated heterocycles. The molecule has 7 fully saturated rings. The minimum atomic E-state index is 0. The number of pyridine rings is 1. The van der Waals surface area contributed by atoms with Crippen molar-refractivity contribution in [1.29, 1.82) is 0 Å². The second-order valence-corrected chi connectivity index (χ2v) is 26.4. The summed E-state index contributed by atoms with van der Waals surface area (Å²) in [6.07, 6.45) is 19.4. The van der Waals surface area contributed by atoms with Crippen molar-refractivity contribution >= 4 is 35.9 Å². The van der Waals surface area contributed by atoms with Crippen molar-refractivity contribution < 1.29 is 31.4 Å². The van der Waals surface area contributed by atoms with Gasteiger partial charge in [-0.05, 0) is 152 Å². The Kier molecular flexibility index (Phi) is 21.4. The number of rotatable bonds is 15. The number of ether oxygens (including phenoxy) is 3. The molecular weight excluding hydrogens is 1200 g/mol. The van der Waals surface area contributed by atoms with Gasteiger partial charge < -0.3 is 49.3 Å². The zero-order valence-electron chi connectivity index (χ0n) is 55.0. The zero-order chi connectivity index (χ0) is 65.4. The molecule has 6 atom stereocenters. The van der Waals surface area contributed by atoms with Gasteiger partial charge in [0.1, 0.15) is 11.5 Å². The highest BCUT2D eigenvalue weighted by atomic mass is 16.5. The summed E-state index contributed by atoms with van der Waals surface area (Å²) in [5.74, 6) is 4.14. The second kappa shape index (κ2) is 31.6. The highest BCUT2D eigenvalue weighted by Gasteiger charge is 2.45. The number of benzene rings is 6. The molecule has 7 aliphatic rings. The summed E-state index contributed by atoms with van der Waals surface area (Å²) in [4.78, 5) is 61.2. The Morgan fingerprint density at radius 3 is 1.59 bits per heavy atom. The molecule has 0 radical (unpaired) electrons. The van der Waals surface area contributed by atoms with Crippen LogP contribution in [0.25, 0.3) is 12.2 Å². The quantitative estimate of drug-likeness (QED) is 0.101. The Hall–Kier alpha value is -9.80. The van der Waals surface area contributed by atoms with Crippen LogP contribution in [0.15, 0.2) is 218 Å². The summed E-state index contributed by atoms with van der Waals surface area (Å²) in [5.41, 5.74) is 11.6. The van der Waals surface area contributed by atoms with Crippen molar-refractivity contribution in [2.24, 2.45) is 5.92 Å². The summed E-state index contributed by atoms with van der Waals surface area (Å²) in [6, 6.07) is 65.3. The smallest absolute Gasteiger partial charge is 0.321 e. The lowest BCUT2D eigenvalue weighted by atomic mass is 9.90. The topological polar surface area (TPSA) is 158 Å². The van der Waals surface area contributed by atoms with Gasteiger partial charge in [0.15, 0.2) is 0 Å². The maximum absolute atomic E-state index is 13.0. The number of nitrogens with one attached hydrogen (secondary N) is 2. The van der Waals surface area contributed by atoms with E-state index in [0.29, 0.717) is 53.4 Å². The third kappa shape index (κ3) is 17.9. The largest absolute Gasteiger partial charge is 0.439 e. The normalized spacial score (nSPS) is 21.2. The average molecular weight is 1290 g/mol. The first-order valence-corrected chi connectivity index (χ1v) is 34.5. The van der Waals surface area contributed by atoms with Gasteiger partial charge >= 0.3 is 24.1 Å². The maximum Gasteiger partial charge on any atom is 0.321 e. The number of hydrogen-bond donors (Lipinski definition) is 2. The number of carbonyl (C=O) groups excluding carboxylic acids is 3. The monoisotopic (exact) mass is 1290 g/mol. The van der Waals surface area contributed by atoms with Gasteiger partial charge in [-0.25, -0.2) is 29.3 Å². The lowest BCUT2D eigenvalue weighted by Gasteiger charge is -2.32. The zero-order valence-corrected chi connectivity index (χ0v) is 55.0. The summed E-state index contributed by atoms with van der Waals surface area (Å²) >= 11 is 0. The van der Waals surface area contributed by atoms with Crippen LogP contribution in [0.1, 0.15) is 112 Å². The molecule has 3 saturated carbocycles. The lowest BCUT2D eigenvalue weighted by molar-refractivity contribution is 0.122. The van der Waals surface area contributed by atoms with E-state index in [1.807, 2.05) is 99.4 Å². The number of urea groups is 3. The van der Waals surface area contributed by atoms with Crippen LogP contribution in [0.5, 0.6) is 23.4 Å². The highest BCUT2D eigenvalue weighted by molar-refractivity contribution is 5.77. The molecule has 6 aromatic carbocycles. The third-order valence-corrected chi connectivity index (χ3v) is 19.6. The molecule has 0 bridgehead atoms. The predicted octanol–water partition coefficient (Wildman–Crippen LogP) is 15.5. The van der Waals surface area contributed by atoms with Crippen molar-refractivity contribution in [1.82, 2.24) is 45.2 Å². The number of likely N-dealkylation sites (tertiary alicyclic amines) is 3. The lowest BCUT2D eigenvalue weighted by Crippen LogP contribution is -2.45. The van der Waals surface area contributed by atoms with Crippen LogP contribution >= 0.6 is 0 Å². The van der Waals surface area contributed by atoms with Crippen molar-refractivity contribution in [3.8, 4) is 23.4 Å². The number of piperidine rings is 3. The van der Waals surface area contributed by atoms with E-state index in [1.165, 1.54) is 39.1 Å². The summed E-state index contributed by atoms with van der Waals surface area (Å²) in [5, 5.41) is 6.46. The van der Waals surface area contributed by atoms with Gasteiger partial charge in [0.05, 0.1) is 13.2 Å². The van der Waals surface area contributed by atoms with E-state index in [2.05, 4.69) is 152 Å². The van der Waals surface area contributed by atoms with E-state index in [-0.39, 0.29) is 27.0 Å². The molecule has 0 spiro atoms. The standard InChI is InChI=1S/C27H28N4O2.C27H27N3O2.C26H33N3O2.2H2/c1-30(25-19-24(25)22-8-3-2-4-9-22)27(32)31-15-11-20(12-16-31)17-21-7-5-10-23(18-21)33-26-28-13-6-14-29-26;31-27(29-25-19-24(25)22-8-2-1-3-9-22)30-15-12-20(13-16-30)17-21-7-6-10-23(18-21)32-26-11-4-5-14-28-26;30-26(27-25-19-24(25)22-6-2-1-3-7-22)29-11-9-20(10-12-29)17-21-5-4-8-23(18-21)28-13-15-31-16-14-28;;/h2-10,13-14,17-18,24-25H,11-12,15-16,19H2,1H3;1-11,14,17-18,24-25H,12-13,15-16,19H2,(H,29,31);1-8,18,20,24-25H,9-17,19H2,(H,27,30);2*1H. The van der Waals surface area contributed by atoms with Crippen LogP contribution in [-0.4, -0.2) is 143 Å². The number of morpholine rings is 1. The van der Waals surface area contributed by atoms with E-state index >= 15 is 0 Å². The van der Waals surface area contributed by atoms with Gasteiger partial charge in [0.25, 0.3) is 0 Å². The van der Waals surface area contributed by atoms with Crippen LogP contribution in [-0.2, 0) is 11.2 Å². The molecule has 2 aromatic heterocycles. The molecule has 4 aliphatic heterocycles. The second-order valence-electron chi connectivity index (χ2n) is 26.4. The molecular formula is C80H92N10O6. The molecule has 96 heavy (non-hydrogen) atoms. The fourth-order valence-corrected chi connectivity index (χ4v) is 13.8. The van der Waals surface area contributed by atoms with Gasteiger partial charge in [-0.2, -0.15) is 0 Å². The van der Waals surface area contributed by atoms with E-state index in [1.54, 1.807) is 24.7 Å². The van der Waals surface area contributed by atoms with E-state index in [9.17, 15) is 14.4 Å². The molecule has 3 aliphatic carbocycles.